The van der Waals surface area contributed by atoms with Crippen LogP contribution in [0.25, 0.3) is 0 Å². The number of hydrogen-bond donors (Lipinski definition) is 2. The van der Waals surface area contributed by atoms with Crippen molar-refractivity contribution >= 4 is 17.6 Å². The third-order valence-electron chi connectivity index (χ3n) is 2.48. The standard InChI is InChI=1S/C11H12ClF2NO2/c12-7-2-3-8(13)11(14)10(7)6(5-15)1-4-9(16)17/h2-3,6H,1,4-5,15H2,(H,16,17). The Morgan fingerprint density at radius 1 is 1.47 bits per heavy atom. The maximum atomic E-state index is 13.6. The van der Waals surface area contributed by atoms with Crippen LogP contribution >= 0.6 is 11.6 Å². The average Bonchev–Trinajstić information content (AvgIpc) is 2.28. The molecule has 1 aromatic carbocycles. The zero-order valence-corrected chi connectivity index (χ0v) is 9.68. The molecule has 1 atom stereocenters. The minimum atomic E-state index is -1.06. The zero-order valence-electron chi connectivity index (χ0n) is 8.92. The molecule has 0 amide bonds. The van der Waals surface area contributed by atoms with Crippen LogP contribution in [-0.2, 0) is 4.79 Å². The van der Waals surface area contributed by atoms with Gasteiger partial charge in [0.1, 0.15) is 0 Å². The maximum Gasteiger partial charge on any atom is 0.303 e. The lowest BCUT2D eigenvalue weighted by Crippen LogP contribution is -2.16. The van der Waals surface area contributed by atoms with Crippen molar-refractivity contribution in [2.75, 3.05) is 6.54 Å². The molecule has 0 aromatic heterocycles. The number of nitrogens with two attached hydrogens (primary N) is 1. The predicted molar refractivity (Wildman–Crippen MR) is 60.0 cm³/mol. The van der Waals surface area contributed by atoms with Crippen molar-refractivity contribution in [1.82, 2.24) is 0 Å². The molecule has 0 radical (unpaired) electrons. The van der Waals surface area contributed by atoms with Gasteiger partial charge >= 0.3 is 5.97 Å². The number of carbonyl (C=O) groups is 1. The first-order chi connectivity index (χ1) is 7.97. The summed E-state index contributed by atoms with van der Waals surface area (Å²) in [6.07, 6.45) is -0.0555. The Labute approximate surface area is 102 Å². The molecular weight excluding hydrogens is 252 g/mol. The molecular formula is C11H12ClF2NO2. The quantitative estimate of drug-likeness (QED) is 0.803. The summed E-state index contributed by atoms with van der Waals surface area (Å²) in [7, 11) is 0. The molecule has 17 heavy (non-hydrogen) atoms. The summed E-state index contributed by atoms with van der Waals surface area (Å²) >= 11 is 5.78. The summed E-state index contributed by atoms with van der Waals surface area (Å²) in [6.45, 7) is 0.00731. The van der Waals surface area contributed by atoms with Crippen molar-refractivity contribution in [3.63, 3.8) is 0 Å². The van der Waals surface area contributed by atoms with E-state index in [1.807, 2.05) is 0 Å². The minimum absolute atomic E-state index is 0.00731. The Morgan fingerprint density at radius 2 is 2.12 bits per heavy atom. The van der Waals surface area contributed by atoms with E-state index in [1.54, 1.807) is 0 Å². The zero-order chi connectivity index (χ0) is 13.0. The van der Waals surface area contributed by atoms with Crippen molar-refractivity contribution in [3.05, 3.63) is 34.4 Å². The van der Waals surface area contributed by atoms with Gasteiger partial charge in [-0.1, -0.05) is 11.6 Å². The molecule has 6 heteroatoms. The van der Waals surface area contributed by atoms with Crippen molar-refractivity contribution < 1.29 is 18.7 Å². The maximum absolute atomic E-state index is 13.6. The van der Waals surface area contributed by atoms with Crippen LogP contribution in [0.4, 0.5) is 8.78 Å². The molecule has 1 rings (SSSR count). The largest absolute Gasteiger partial charge is 0.481 e. The second kappa shape index (κ2) is 5.93. The normalized spacial score (nSPS) is 12.5. The molecule has 0 saturated carbocycles. The first kappa shape index (κ1) is 13.9. The van der Waals surface area contributed by atoms with Gasteiger partial charge in [0, 0.05) is 22.9 Å². The monoisotopic (exact) mass is 263 g/mol. The van der Waals surface area contributed by atoms with E-state index in [1.165, 1.54) is 6.07 Å². The summed E-state index contributed by atoms with van der Waals surface area (Å²) in [5, 5.41) is 8.62. The van der Waals surface area contributed by atoms with Gasteiger partial charge in [-0.2, -0.15) is 0 Å². The van der Waals surface area contributed by atoms with Crippen molar-refractivity contribution in [2.45, 2.75) is 18.8 Å². The minimum Gasteiger partial charge on any atom is -0.481 e. The van der Waals surface area contributed by atoms with Gasteiger partial charge in [-0.15, -0.1) is 0 Å². The van der Waals surface area contributed by atoms with E-state index in [9.17, 15) is 13.6 Å². The first-order valence-electron chi connectivity index (χ1n) is 5.02. The fraction of sp³-hybridized carbons (Fsp3) is 0.364. The van der Waals surface area contributed by atoms with Crippen molar-refractivity contribution in [1.29, 1.82) is 0 Å². The smallest absolute Gasteiger partial charge is 0.303 e. The lowest BCUT2D eigenvalue weighted by molar-refractivity contribution is -0.137. The van der Waals surface area contributed by atoms with Crippen LogP contribution in [0.1, 0.15) is 24.3 Å². The molecule has 0 aliphatic rings. The van der Waals surface area contributed by atoms with Gasteiger partial charge in [-0.25, -0.2) is 8.78 Å². The Kier molecular flexibility index (Phi) is 4.84. The van der Waals surface area contributed by atoms with E-state index in [-0.39, 0.29) is 30.0 Å². The lowest BCUT2D eigenvalue weighted by atomic mass is 9.93. The van der Waals surface area contributed by atoms with Gasteiger partial charge in [0.25, 0.3) is 0 Å². The van der Waals surface area contributed by atoms with E-state index in [2.05, 4.69) is 0 Å². The molecule has 0 fully saturated rings. The molecule has 3 N–H and O–H groups in total. The molecule has 3 nitrogen and oxygen atoms in total. The highest BCUT2D eigenvalue weighted by atomic mass is 35.5. The summed E-state index contributed by atoms with van der Waals surface area (Å²) in [5.74, 6) is -3.69. The summed E-state index contributed by atoms with van der Waals surface area (Å²) < 4.78 is 26.6. The van der Waals surface area contributed by atoms with E-state index in [0.717, 1.165) is 6.07 Å². The van der Waals surface area contributed by atoms with Crippen LogP contribution in [0, 0.1) is 11.6 Å². The molecule has 0 heterocycles. The van der Waals surface area contributed by atoms with Gasteiger partial charge in [0.2, 0.25) is 0 Å². The summed E-state index contributed by atoms with van der Waals surface area (Å²) in [5.41, 5.74) is 5.39. The van der Waals surface area contributed by atoms with E-state index < -0.39 is 23.5 Å². The molecule has 0 bridgehead atoms. The van der Waals surface area contributed by atoms with E-state index in [4.69, 9.17) is 22.4 Å². The third-order valence-corrected chi connectivity index (χ3v) is 2.81. The fourth-order valence-corrected chi connectivity index (χ4v) is 1.89. The molecule has 0 aliphatic carbocycles. The number of benzene rings is 1. The fourth-order valence-electron chi connectivity index (χ4n) is 1.59. The molecule has 0 saturated heterocycles. The Morgan fingerprint density at radius 3 is 2.65 bits per heavy atom. The number of carboxylic acids is 1. The van der Waals surface area contributed by atoms with Crippen molar-refractivity contribution in [3.8, 4) is 0 Å². The van der Waals surface area contributed by atoms with Crippen LogP contribution in [0.3, 0.4) is 0 Å². The van der Waals surface area contributed by atoms with Crippen LogP contribution in [-0.4, -0.2) is 17.6 Å². The second-order valence-electron chi connectivity index (χ2n) is 3.62. The number of rotatable bonds is 5. The van der Waals surface area contributed by atoms with Gasteiger partial charge in [0.05, 0.1) is 0 Å². The molecule has 1 aromatic rings. The van der Waals surface area contributed by atoms with Gasteiger partial charge in [0.15, 0.2) is 11.6 Å². The lowest BCUT2D eigenvalue weighted by Gasteiger charge is -2.16. The highest BCUT2D eigenvalue weighted by Crippen LogP contribution is 2.31. The highest BCUT2D eigenvalue weighted by molar-refractivity contribution is 6.31. The molecule has 94 valence electrons. The SMILES string of the molecule is NCC(CCC(=O)O)c1c(Cl)ccc(F)c1F. The Hall–Kier alpha value is -1.20. The summed E-state index contributed by atoms with van der Waals surface area (Å²) in [4.78, 5) is 10.4. The van der Waals surface area contributed by atoms with Gasteiger partial charge in [-0.05, 0) is 25.1 Å². The molecule has 0 spiro atoms. The van der Waals surface area contributed by atoms with Crippen molar-refractivity contribution in [2.24, 2.45) is 5.73 Å². The first-order valence-corrected chi connectivity index (χ1v) is 5.40. The van der Waals surface area contributed by atoms with Crippen LogP contribution in [0.5, 0.6) is 0 Å². The van der Waals surface area contributed by atoms with Gasteiger partial charge in [-0.3, -0.25) is 4.79 Å². The van der Waals surface area contributed by atoms with E-state index in [0.29, 0.717) is 0 Å². The number of aliphatic carboxylic acids is 1. The van der Waals surface area contributed by atoms with Crippen LogP contribution < -0.4 is 5.73 Å². The number of halogens is 3. The predicted octanol–water partition coefficient (Wildman–Crippen LogP) is 2.53. The van der Waals surface area contributed by atoms with Crippen LogP contribution in [0.15, 0.2) is 12.1 Å². The Balaban J connectivity index is 3.02. The Bertz CT molecular complexity index is 426. The highest BCUT2D eigenvalue weighted by Gasteiger charge is 2.21. The summed E-state index contributed by atoms with van der Waals surface area (Å²) in [6, 6.07) is 2.16. The number of carboxylic acid groups (broad SMARTS) is 1. The second-order valence-corrected chi connectivity index (χ2v) is 4.03. The van der Waals surface area contributed by atoms with Crippen LogP contribution in [0.2, 0.25) is 5.02 Å². The topological polar surface area (TPSA) is 63.3 Å². The average molecular weight is 264 g/mol. The van der Waals surface area contributed by atoms with E-state index >= 15 is 0 Å². The molecule has 0 aliphatic heterocycles. The third kappa shape index (κ3) is 3.38. The number of hydrogen-bond acceptors (Lipinski definition) is 2. The van der Waals surface area contributed by atoms with Gasteiger partial charge < -0.3 is 10.8 Å². The molecule has 1 unspecified atom stereocenters.